The van der Waals surface area contributed by atoms with Crippen LogP contribution in [0.2, 0.25) is 5.02 Å². The number of aliphatic hydroxyl groups is 1. The Morgan fingerprint density at radius 3 is 2.62 bits per heavy atom. The zero-order valence-corrected chi connectivity index (χ0v) is 14.6. The van der Waals surface area contributed by atoms with Crippen LogP contribution in [0.15, 0.2) is 42.5 Å². The highest BCUT2D eigenvalue weighted by molar-refractivity contribution is 6.30. The van der Waals surface area contributed by atoms with Crippen LogP contribution in [0, 0.1) is 0 Å². The molecule has 0 aliphatic carbocycles. The molecule has 1 unspecified atom stereocenters. The number of ether oxygens (including phenoxy) is 1. The van der Waals surface area contributed by atoms with Gasteiger partial charge in [0, 0.05) is 22.0 Å². The summed E-state index contributed by atoms with van der Waals surface area (Å²) < 4.78 is 5.21. The third-order valence-electron chi connectivity index (χ3n) is 3.19. The van der Waals surface area contributed by atoms with Crippen molar-refractivity contribution in [2.45, 2.75) is 32.5 Å². The number of nitrogens with two attached hydrogens (primary N) is 1. The second-order valence-electron chi connectivity index (χ2n) is 6.43. The van der Waals surface area contributed by atoms with Gasteiger partial charge in [0.2, 0.25) is 0 Å². The Balaban J connectivity index is 2.20. The minimum atomic E-state index is -0.955. The molecule has 0 saturated carbocycles. The van der Waals surface area contributed by atoms with Crippen molar-refractivity contribution in [2.75, 3.05) is 11.1 Å². The van der Waals surface area contributed by atoms with Crippen molar-refractivity contribution in [3.8, 4) is 0 Å². The first-order chi connectivity index (χ1) is 11.2. The average molecular weight is 349 g/mol. The standard InChI is InChI=1S/C18H21ClN2O3/c1-18(2,3)24-17(23)21-13-6-4-5-11(9-13)16(22)14-10-12(19)7-8-15(14)20/h4-10,16,22H,20H2,1-3H3,(H,21,23). The van der Waals surface area contributed by atoms with Gasteiger partial charge in [-0.2, -0.15) is 0 Å². The second kappa shape index (κ2) is 7.11. The number of halogens is 1. The lowest BCUT2D eigenvalue weighted by Gasteiger charge is -2.20. The zero-order valence-electron chi connectivity index (χ0n) is 13.8. The Bertz CT molecular complexity index is 741. The van der Waals surface area contributed by atoms with E-state index in [9.17, 15) is 9.90 Å². The quantitative estimate of drug-likeness (QED) is 0.720. The van der Waals surface area contributed by atoms with E-state index >= 15 is 0 Å². The van der Waals surface area contributed by atoms with Gasteiger partial charge in [-0.3, -0.25) is 5.32 Å². The third kappa shape index (κ3) is 4.88. The van der Waals surface area contributed by atoms with E-state index in [-0.39, 0.29) is 0 Å². The Hall–Kier alpha value is -2.24. The van der Waals surface area contributed by atoms with Crippen LogP contribution in [0.5, 0.6) is 0 Å². The maximum absolute atomic E-state index is 11.8. The summed E-state index contributed by atoms with van der Waals surface area (Å²) in [6, 6.07) is 11.8. The lowest BCUT2D eigenvalue weighted by molar-refractivity contribution is 0.0636. The van der Waals surface area contributed by atoms with Gasteiger partial charge in [-0.05, 0) is 56.7 Å². The highest BCUT2D eigenvalue weighted by Crippen LogP contribution is 2.30. The van der Waals surface area contributed by atoms with Gasteiger partial charge < -0.3 is 15.6 Å². The number of anilines is 2. The van der Waals surface area contributed by atoms with Gasteiger partial charge in [-0.1, -0.05) is 23.7 Å². The predicted octanol–water partition coefficient (Wildman–Crippen LogP) is 4.35. The number of rotatable bonds is 3. The van der Waals surface area contributed by atoms with E-state index in [2.05, 4.69) is 5.32 Å². The van der Waals surface area contributed by atoms with Crippen LogP contribution in [-0.2, 0) is 4.74 Å². The van der Waals surface area contributed by atoms with Crippen LogP contribution in [0.3, 0.4) is 0 Å². The van der Waals surface area contributed by atoms with Crippen LogP contribution in [-0.4, -0.2) is 16.8 Å². The van der Waals surface area contributed by atoms with Crippen molar-refractivity contribution in [3.05, 3.63) is 58.6 Å². The third-order valence-corrected chi connectivity index (χ3v) is 3.43. The monoisotopic (exact) mass is 348 g/mol. The fraction of sp³-hybridized carbons (Fsp3) is 0.278. The molecular formula is C18H21ClN2O3. The minimum absolute atomic E-state index is 0.442. The number of hydrogen-bond acceptors (Lipinski definition) is 4. The number of nitrogens with one attached hydrogen (secondary N) is 1. The highest BCUT2D eigenvalue weighted by atomic mass is 35.5. The SMILES string of the molecule is CC(C)(C)OC(=O)Nc1cccc(C(O)c2cc(Cl)ccc2N)c1. The molecule has 24 heavy (non-hydrogen) atoms. The molecule has 0 heterocycles. The number of nitrogen functional groups attached to an aromatic ring is 1. The van der Waals surface area contributed by atoms with E-state index in [1.54, 1.807) is 63.2 Å². The first-order valence-electron chi connectivity index (χ1n) is 7.48. The summed E-state index contributed by atoms with van der Waals surface area (Å²) in [4.78, 5) is 11.8. The van der Waals surface area contributed by atoms with E-state index in [4.69, 9.17) is 22.1 Å². The summed E-state index contributed by atoms with van der Waals surface area (Å²) >= 11 is 5.97. The van der Waals surface area contributed by atoms with Gasteiger partial charge in [0.05, 0.1) is 0 Å². The van der Waals surface area contributed by atoms with E-state index in [0.717, 1.165) is 0 Å². The number of hydrogen-bond donors (Lipinski definition) is 3. The Morgan fingerprint density at radius 1 is 1.25 bits per heavy atom. The lowest BCUT2D eigenvalue weighted by atomic mass is 9.99. The molecule has 0 fully saturated rings. The average Bonchev–Trinajstić information content (AvgIpc) is 2.47. The molecule has 5 nitrogen and oxygen atoms in total. The first-order valence-corrected chi connectivity index (χ1v) is 7.86. The summed E-state index contributed by atoms with van der Waals surface area (Å²) in [5, 5.41) is 13.7. The topological polar surface area (TPSA) is 84.6 Å². The Kier molecular flexibility index (Phi) is 5.36. The summed E-state index contributed by atoms with van der Waals surface area (Å²) in [7, 11) is 0. The van der Waals surface area contributed by atoms with Crippen molar-refractivity contribution < 1.29 is 14.6 Å². The number of aliphatic hydroxyl groups excluding tert-OH is 1. The van der Waals surface area contributed by atoms with Crippen LogP contribution < -0.4 is 11.1 Å². The summed E-state index contributed by atoms with van der Waals surface area (Å²) in [6.45, 7) is 5.36. The van der Waals surface area contributed by atoms with Crippen molar-refractivity contribution in [1.29, 1.82) is 0 Å². The van der Waals surface area contributed by atoms with Crippen LogP contribution in [0.4, 0.5) is 16.2 Å². The largest absolute Gasteiger partial charge is 0.444 e. The molecule has 0 spiro atoms. The smallest absolute Gasteiger partial charge is 0.412 e. The summed E-state index contributed by atoms with van der Waals surface area (Å²) in [5.41, 5.74) is 7.37. The molecule has 128 valence electrons. The fourth-order valence-electron chi connectivity index (χ4n) is 2.17. The second-order valence-corrected chi connectivity index (χ2v) is 6.86. The number of carbonyl (C=O) groups is 1. The Labute approximate surface area is 146 Å². The summed E-state index contributed by atoms with van der Waals surface area (Å²) in [6.07, 6.45) is -1.51. The molecule has 0 aliphatic rings. The fourth-order valence-corrected chi connectivity index (χ4v) is 2.35. The van der Waals surface area contributed by atoms with Gasteiger partial charge in [-0.15, -0.1) is 0 Å². The molecule has 0 aliphatic heterocycles. The predicted molar refractivity (Wildman–Crippen MR) is 96.2 cm³/mol. The lowest BCUT2D eigenvalue weighted by Crippen LogP contribution is -2.27. The van der Waals surface area contributed by atoms with E-state index in [1.807, 2.05) is 0 Å². The molecule has 1 amide bonds. The maximum Gasteiger partial charge on any atom is 0.412 e. The van der Waals surface area contributed by atoms with E-state index in [0.29, 0.717) is 27.5 Å². The maximum atomic E-state index is 11.8. The Morgan fingerprint density at radius 2 is 1.96 bits per heavy atom. The number of benzene rings is 2. The van der Waals surface area contributed by atoms with Crippen LogP contribution >= 0.6 is 11.6 Å². The molecule has 0 saturated heterocycles. The van der Waals surface area contributed by atoms with Crippen molar-refractivity contribution in [2.24, 2.45) is 0 Å². The van der Waals surface area contributed by atoms with Crippen molar-refractivity contribution in [1.82, 2.24) is 0 Å². The van der Waals surface area contributed by atoms with Gasteiger partial charge in [0.1, 0.15) is 11.7 Å². The summed E-state index contributed by atoms with van der Waals surface area (Å²) in [5.74, 6) is 0. The molecule has 2 rings (SSSR count). The van der Waals surface area contributed by atoms with Crippen molar-refractivity contribution in [3.63, 3.8) is 0 Å². The van der Waals surface area contributed by atoms with E-state index < -0.39 is 17.8 Å². The normalized spacial score (nSPS) is 12.5. The molecule has 0 bridgehead atoms. The molecular weight excluding hydrogens is 328 g/mol. The van der Waals surface area contributed by atoms with E-state index in [1.165, 1.54) is 0 Å². The highest BCUT2D eigenvalue weighted by Gasteiger charge is 2.18. The van der Waals surface area contributed by atoms with Gasteiger partial charge in [0.25, 0.3) is 0 Å². The molecule has 4 N–H and O–H groups in total. The minimum Gasteiger partial charge on any atom is -0.444 e. The molecule has 1 atom stereocenters. The van der Waals surface area contributed by atoms with Crippen molar-refractivity contribution >= 4 is 29.1 Å². The zero-order chi connectivity index (χ0) is 17.9. The van der Waals surface area contributed by atoms with Crippen LogP contribution in [0.25, 0.3) is 0 Å². The molecule has 0 aromatic heterocycles. The molecule has 6 heteroatoms. The van der Waals surface area contributed by atoms with Crippen LogP contribution in [0.1, 0.15) is 38.0 Å². The first kappa shape index (κ1) is 18.1. The molecule has 2 aromatic carbocycles. The number of amides is 1. The van der Waals surface area contributed by atoms with Gasteiger partial charge in [0.15, 0.2) is 0 Å². The molecule has 2 aromatic rings. The molecule has 0 radical (unpaired) electrons. The number of carbonyl (C=O) groups excluding carboxylic acids is 1. The van der Waals surface area contributed by atoms with Gasteiger partial charge in [-0.25, -0.2) is 4.79 Å². The van der Waals surface area contributed by atoms with Gasteiger partial charge >= 0.3 is 6.09 Å².